The minimum absolute atomic E-state index is 0.542. The van der Waals surface area contributed by atoms with Crippen LogP contribution in [0.15, 0.2) is 12.4 Å². The van der Waals surface area contributed by atoms with E-state index in [1.54, 1.807) is 6.20 Å². The maximum Gasteiger partial charge on any atom is 0.157 e. The summed E-state index contributed by atoms with van der Waals surface area (Å²) in [5, 5.41) is 4.16. The van der Waals surface area contributed by atoms with Crippen LogP contribution in [-0.4, -0.2) is 22.9 Å². The summed E-state index contributed by atoms with van der Waals surface area (Å²) in [5.74, 6) is 0.807. The fourth-order valence-corrected chi connectivity index (χ4v) is 1.04. The Bertz CT molecular complexity index is 212. The van der Waals surface area contributed by atoms with Gasteiger partial charge in [-0.1, -0.05) is 13.3 Å². The van der Waals surface area contributed by atoms with Gasteiger partial charge in [0.25, 0.3) is 0 Å². The summed E-state index contributed by atoms with van der Waals surface area (Å²) in [6.07, 6.45) is 5.97. The molecule has 74 valence electrons. The van der Waals surface area contributed by atoms with E-state index in [1.807, 2.05) is 10.9 Å². The lowest BCUT2D eigenvalue weighted by Crippen LogP contribution is -2.10. The van der Waals surface area contributed by atoms with Crippen molar-refractivity contribution in [2.75, 3.05) is 13.2 Å². The minimum atomic E-state index is 0.542. The average molecular weight is 183 g/mol. The van der Waals surface area contributed by atoms with Crippen LogP contribution in [0.5, 0.6) is 5.75 Å². The van der Waals surface area contributed by atoms with E-state index in [0.29, 0.717) is 13.2 Å². The number of hydrogen-bond acceptors (Lipinski definition) is 3. The third-order valence-electron chi connectivity index (χ3n) is 1.74. The van der Waals surface area contributed by atoms with E-state index < -0.39 is 0 Å². The number of nitrogens with two attached hydrogens (primary N) is 1. The van der Waals surface area contributed by atoms with Gasteiger partial charge in [-0.3, -0.25) is 4.68 Å². The van der Waals surface area contributed by atoms with Crippen molar-refractivity contribution < 1.29 is 4.74 Å². The van der Waals surface area contributed by atoms with Crippen LogP contribution in [0.25, 0.3) is 0 Å². The Morgan fingerprint density at radius 1 is 1.62 bits per heavy atom. The summed E-state index contributed by atoms with van der Waals surface area (Å²) in [5.41, 5.74) is 5.31. The summed E-state index contributed by atoms with van der Waals surface area (Å²) in [6.45, 7) is 4.22. The van der Waals surface area contributed by atoms with Crippen molar-refractivity contribution in [3.8, 4) is 5.75 Å². The first-order chi connectivity index (χ1) is 6.36. The topological polar surface area (TPSA) is 53.1 Å². The predicted octanol–water partition coefficient (Wildman–Crippen LogP) is 1.02. The molecule has 2 N–H and O–H groups in total. The van der Waals surface area contributed by atoms with Crippen LogP contribution in [0.1, 0.15) is 19.8 Å². The Hall–Kier alpha value is -1.03. The average Bonchev–Trinajstić information content (AvgIpc) is 2.59. The second kappa shape index (κ2) is 5.59. The van der Waals surface area contributed by atoms with Gasteiger partial charge < -0.3 is 10.5 Å². The summed E-state index contributed by atoms with van der Waals surface area (Å²) in [4.78, 5) is 0. The van der Waals surface area contributed by atoms with E-state index in [0.717, 1.165) is 18.7 Å². The minimum Gasteiger partial charge on any atom is -0.489 e. The van der Waals surface area contributed by atoms with Crippen LogP contribution < -0.4 is 10.5 Å². The highest BCUT2D eigenvalue weighted by Crippen LogP contribution is 2.08. The van der Waals surface area contributed by atoms with Crippen molar-refractivity contribution in [2.45, 2.75) is 26.3 Å². The Morgan fingerprint density at radius 2 is 2.46 bits per heavy atom. The fourth-order valence-electron chi connectivity index (χ4n) is 1.04. The lowest BCUT2D eigenvalue weighted by molar-refractivity contribution is 0.327. The van der Waals surface area contributed by atoms with Crippen LogP contribution in [0.3, 0.4) is 0 Å². The molecule has 4 heteroatoms. The SMILES string of the molecule is CCCCn1cc(OCCN)cn1. The molecule has 0 radical (unpaired) electrons. The van der Waals surface area contributed by atoms with Gasteiger partial charge in [0.2, 0.25) is 0 Å². The van der Waals surface area contributed by atoms with Crippen molar-refractivity contribution in [1.82, 2.24) is 9.78 Å². The van der Waals surface area contributed by atoms with Gasteiger partial charge in [-0.25, -0.2) is 0 Å². The quantitative estimate of drug-likeness (QED) is 0.716. The van der Waals surface area contributed by atoms with Crippen LogP contribution in [0.4, 0.5) is 0 Å². The highest BCUT2D eigenvalue weighted by atomic mass is 16.5. The zero-order valence-corrected chi connectivity index (χ0v) is 8.07. The smallest absolute Gasteiger partial charge is 0.157 e. The van der Waals surface area contributed by atoms with Gasteiger partial charge in [-0.15, -0.1) is 0 Å². The molecule has 0 aromatic carbocycles. The molecule has 0 unspecified atom stereocenters. The molecule has 0 aliphatic rings. The van der Waals surface area contributed by atoms with Gasteiger partial charge in [0, 0.05) is 13.1 Å². The third-order valence-corrected chi connectivity index (χ3v) is 1.74. The molecule has 0 fully saturated rings. The Labute approximate surface area is 78.7 Å². The number of unbranched alkanes of at least 4 members (excludes halogenated alkanes) is 1. The molecule has 0 bridgehead atoms. The number of aromatic nitrogens is 2. The summed E-state index contributed by atoms with van der Waals surface area (Å²) in [6, 6.07) is 0. The molecule has 1 aromatic heterocycles. The van der Waals surface area contributed by atoms with E-state index in [2.05, 4.69) is 12.0 Å². The van der Waals surface area contributed by atoms with Crippen molar-refractivity contribution in [2.24, 2.45) is 5.73 Å². The number of nitrogens with zero attached hydrogens (tertiary/aromatic N) is 2. The Morgan fingerprint density at radius 3 is 3.15 bits per heavy atom. The first-order valence-corrected chi connectivity index (χ1v) is 4.72. The molecule has 0 saturated carbocycles. The van der Waals surface area contributed by atoms with Crippen molar-refractivity contribution in [3.63, 3.8) is 0 Å². The highest BCUT2D eigenvalue weighted by molar-refractivity contribution is 5.11. The van der Waals surface area contributed by atoms with Gasteiger partial charge in [0.05, 0.1) is 12.4 Å². The maximum atomic E-state index is 5.31. The van der Waals surface area contributed by atoms with Crippen molar-refractivity contribution >= 4 is 0 Å². The van der Waals surface area contributed by atoms with Crippen LogP contribution >= 0.6 is 0 Å². The van der Waals surface area contributed by atoms with Crippen molar-refractivity contribution in [3.05, 3.63) is 12.4 Å². The van der Waals surface area contributed by atoms with E-state index in [9.17, 15) is 0 Å². The largest absolute Gasteiger partial charge is 0.489 e. The lowest BCUT2D eigenvalue weighted by Gasteiger charge is -1.99. The predicted molar refractivity (Wildman–Crippen MR) is 51.7 cm³/mol. The third kappa shape index (κ3) is 3.46. The molecular formula is C9H17N3O. The first-order valence-electron chi connectivity index (χ1n) is 4.72. The summed E-state index contributed by atoms with van der Waals surface area (Å²) >= 11 is 0. The summed E-state index contributed by atoms with van der Waals surface area (Å²) in [7, 11) is 0. The van der Waals surface area contributed by atoms with Gasteiger partial charge in [-0.2, -0.15) is 5.10 Å². The van der Waals surface area contributed by atoms with Gasteiger partial charge in [0.15, 0.2) is 5.75 Å². The van der Waals surface area contributed by atoms with E-state index in [4.69, 9.17) is 10.5 Å². The highest BCUT2D eigenvalue weighted by Gasteiger charge is 1.97. The van der Waals surface area contributed by atoms with Gasteiger partial charge in [-0.05, 0) is 6.42 Å². The van der Waals surface area contributed by atoms with Crippen LogP contribution in [-0.2, 0) is 6.54 Å². The molecule has 1 heterocycles. The van der Waals surface area contributed by atoms with E-state index >= 15 is 0 Å². The molecule has 0 aliphatic carbocycles. The van der Waals surface area contributed by atoms with E-state index in [1.165, 1.54) is 6.42 Å². The molecule has 0 spiro atoms. The Kier molecular flexibility index (Phi) is 4.32. The van der Waals surface area contributed by atoms with Crippen LogP contribution in [0, 0.1) is 0 Å². The molecule has 1 aromatic rings. The molecule has 0 saturated heterocycles. The standard InChI is InChI=1S/C9H17N3O/c1-2-3-5-12-8-9(7-11-12)13-6-4-10/h7-8H,2-6,10H2,1H3. The molecule has 13 heavy (non-hydrogen) atoms. The maximum absolute atomic E-state index is 5.31. The van der Waals surface area contributed by atoms with Crippen LogP contribution in [0.2, 0.25) is 0 Å². The molecular weight excluding hydrogens is 166 g/mol. The summed E-state index contributed by atoms with van der Waals surface area (Å²) < 4.78 is 7.21. The molecule has 0 atom stereocenters. The molecule has 4 nitrogen and oxygen atoms in total. The number of aryl methyl sites for hydroxylation is 1. The first kappa shape index (κ1) is 10.1. The number of hydrogen-bond donors (Lipinski definition) is 1. The van der Waals surface area contributed by atoms with Gasteiger partial charge >= 0.3 is 0 Å². The zero-order valence-electron chi connectivity index (χ0n) is 8.07. The van der Waals surface area contributed by atoms with Crippen molar-refractivity contribution in [1.29, 1.82) is 0 Å². The van der Waals surface area contributed by atoms with E-state index in [-0.39, 0.29) is 0 Å². The number of rotatable bonds is 6. The number of ether oxygens (including phenoxy) is 1. The molecule has 0 aliphatic heterocycles. The lowest BCUT2D eigenvalue weighted by atomic mass is 10.3. The molecule has 0 amide bonds. The fraction of sp³-hybridized carbons (Fsp3) is 0.667. The Balaban J connectivity index is 2.34. The monoisotopic (exact) mass is 183 g/mol. The molecule has 1 rings (SSSR count). The second-order valence-electron chi connectivity index (χ2n) is 2.93. The van der Waals surface area contributed by atoms with Gasteiger partial charge in [0.1, 0.15) is 6.61 Å². The normalized spacial score (nSPS) is 10.3. The zero-order chi connectivity index (χ0) is 9.52. The second-order valence-corrected chi connectivity index (χ2v) is 2.93.